The van der Waals surface area contributed by atoms with Gasteiger partial charge in [-0.05, 0) is 112 Å². The van der Waals surface area contributed by atoms with Gasteiger partial charge in [-0.15, -0.1) is 0 Å². The zero-order valence-electron chi connectivity index (χ0n) is 33.2. The summed E-state index contributed by atoms with van der Waals surface area (Å²) in [5, 5.41) is 3.62. The van der Waals surface area contributed by atoms with Crippen LogP contribution in [-0.2, 0) is 9.47 Å². The van der Waals surface area contributed by atoms with Gasteiger partial charge >= 0.3 is 11.9 Å². The van der Waals surface area contributed by atoms with Crippen molar-refractivity contribution in [2.45, 2.75) is 0 Å². The molecule has 0 aliphatic rings. The van der Waals surface area contributed by atoms with Crippen molar-refractivity contribution in [1.29, 1.82) is 0 Å². The van der Waals surface area contributed by atoms with Gasteiger partial charge in [-0.25, -0.2) is 9.59 Å². The number of rotatable bonds is 10. The highest BCUT2D eigenvalue weighted by atomic mass is 16.5. The fraction of sp³-hybridized carbons (Fsp3) is 0.0370. The third kappa shape index (κ3) is 6.80. The van der Waals surface area contributed by atoms with Gasteiger partial charge < -0.3 is 19.3 Å². The predicted molar refractivity (Wildman–Crippen MR) is 244 cm³/mol. The molecule has 0 atom stereocenters. The molecule has 0 spiro atoms. The van der Waals surface area contributed by atoms with E-state index in [-0.39, 0.29) is 0 Å². The molecule has 0 amide bonds. The Bertz CT molecular complexity index is 2950. The number of hydrogen-bond acceptors (Lipinski definition) is 6. The third-order valence-corrected chi connectivity index (χ3v) is 10.9. The number of para-hydroxylation sites is 3. The molecule has 0 aliphatic carbocycles. The van der Waals surface area contributed by atoms with E-state index in [0.29, 0.717) is 11.1 Å². The molecule has 6 heteroatoms. The van der Waals surface area contributed by atoms with Gasteiger partial charge in [0.2, 0.25) is 0 Å². The molecule has 9 aromatic rings. The quantitative estimate of drug-likeness (QED) is 0.102. The van der Waals surface area contributed by atoms with Crippen molar-refractivity contribution in [2.75, 3.05) is 24.0 Å². The molecule has 9 rings (SSSR count). The van der Waals surface area contributed by atoms with Crippen LogP contribution in [0.15, 0.2) is 206 Å². The van der Waals surface area contributed by atoms with Gasteiger partial charge in [-0.1, -0.05) is 127 Å². The first-order valence-corrected chi connectivity index (χ1v) is 19.8. The smallest absolute Gasteiger partial charge is 0.338 e. The molecule has 0 heterocycles. The Morgan fingerprint density at radius 1 is 0.350 bits per heavy atom. The number of ether oxygens (including phenoxy) is 2. The Balaban J connectivity index is 1.37. The van der Waals surface area contributed by atoms with Crippen molar-refractivity contribution in [3.8, 4) is 22.3 Å². The highest BCUT2D eigenvalue weighted by molar-refractivity contribution is 6.27. The van der Waals surface area contributed by atoms with Crippen LogP contribution in [0.2, 0.25) is 0 Å². The molecule has 0 aliphatic heterocycles. The van der Waals surface area contributed by atoms with Crippen LogP contribution in [0.5, 0.6) is 0 Å². The average molecular weight is 781 g/mol. The summed E-state index contributed by atoms with van der Waals surface area (Å²) in [5.74, 6) is -0.859. The number of benzene rings is 9. The maximum absolute atomic E-state index is 13.6. The Morgan fingerprint density at radius 3 is 1.22 bits per heavy atom. The SMILES string of the molecule is COC(=O)c1ccccc1-c1c2ccccc2c(-c2ccccc2C(=O)OC)c2c(N(c3ccccc3)c3ccc(N(c4ccccc4)c4ccccc4)cc3)cccc12. The second-order valence-corrected chi connectivity index (χ2v) is 14.3. The van der Waals surface area contributed by atoms with E-state index in [1.807, 2.05) is 84.9 Å². The summed E-state index contributed by atoms with van der Waals surface area (Å²) in [7, 11) is 2.81. The fourth-order valence-electron chi connectivity index (χ4n) is 8.30. The maximum atomic E-state index is 13.6. The van der Waals surface area contributed by atoms with Crippen molar-refractivity contribution in [2.24, 2.45) is 0 Å². The molecule has 0 unspecified atom stereocenters. The van der Waals surface area contributed by atoms with Gasteiger partial charge in [0, 0.05) is 39.4 Å². The lowest BCUT2D eigenvalue weighted by Crippen LogP contribution is -2.13. The molecule has 0 fully saturated rings. The first kappa shape index (κ1) is 37.6. The molecule has 6 nitrogen and oxygen atoms in total. The van der Waals surface area contributed by atoms with Crippen LogP contribution in [0, 0.1) is 0 Å². The van der Waals surface area contributed by atoms with Crippen LogP contribution in [0.25, 0.3) is 43.8 Å². The van der Waals surface area contributed by atoms with Crippen molar-refractivity contribution >= 4 is 67.6 Å². The molecule has 290 valence electrons. The van der Waals surface area contributed by atoms with Gasteiger partial charge in [0.15, 0.2) is 0 Å². The van der Waals surface area contributed by atoms with Crippen molar-refractivity contribution in [3.63, 3.8) is 0 Å². The lowest BCUT2D eigenvalue weighted by Gasteiger charge is -2.30. The minimum atomic E-state index is -0.433. The number of nitrogens with zero attached hydrogens (tertiary/aromatic N) is 2. The standard InChI is InChI=1S/C54H40N2O4/c1-59-53(57)46-29-16-14-27-44(46)50-42-25-12-13-26-43(42)51(45-28-15-17-30-47(45)54(58)60-2)52-48(50)31-18-32-49(52)56(39-23-10-5-11-24-39)41-35-33-40(34-36-41)55(37-19-6-3-7-20-37)38-21-8-4-9-22-38/h3-36H,1-2H3. The molecule has 0 bridgehead atoms. The molecular weight excluding hydrogens is 741 g/mol. The summed E-state index contributed by atoms with van der Waals surface area (Å²) >= 11 is 0. The summed E-state index contributed by atoms with van der Waals surface area (Å²) in [6.07, 6.45) is 0. The number of carbonyl (C=O) groups excluding carboxylic acids is 2. The molecule has 0 aromatic heterocycles. The molecular formula is C54H40N2O4. The normalized spacial score (nSPS) is 11.0. The number of esters is 2. The van der Waals surface area contributed by atoms with E-state index in [9.17, 15) is 9.59 Å². The lowest BCUT2D eigenvalue weighted by molar-refractivity contribution is 0.0592. The van der Waals surface area contributed by atoms with E-state index in [0.717, 1.165) is 77.9 Å². The minimum absolute atomic E-state index is 0.426. The Hall–Kier alpha value is -7.96. The molecule has 0 saturated carbocycles. The van der Waals surface area contributed by atoms with E-state index in [4.69, 9.17) is 9.47 Å². The Kier molecular flexibility index (Phi) is 10.3. The topological polar surface area (TPSA) is 59.1 Å². The van der Waals surface area contributed by atoms with Gasteiger partial charge in [0.25, 0.3) is 0 Å². The highest BCUT2D eigenvalue weighted by Crippen LogP contribution is 2.51. The van der Waals surface area contributed by atoms with Gasteiger partial charge in [-0.2, -0.15) is 0 Å². The van der Waals surface area contributed by atoms with E-state index < -0.39 is 11.9 Å². The predicted octanol–water partition coefficient (Wildman–Crippen LogP) is 13.8. The van der Waals surface area contributed by atoms with Crippen molar-refractivity contribution in [1.82, 2.24) is 0 Å². The van der Waals surface area contributed by atoms with Crippen LogP contribution < -0.4 is 9.80 Å². The summed E-state index contributed by atoms with van der Waals surface area (Å²) in [6.45, 7) is 0. The number of fused-ring (bicyclic) bond motifs is 2. The van der Waals surface area contributed by atoms with E-state index in [1.54, 1.807) is 6.07 Å². The summed E-state index contributed by atoms with van der Waals surface area (Å²) in [6, 6.07) is 69.2. The van der Waals surface area contributed by atoms with Crippen LogP contribution in [0.1, 0.15) is 20.7 Å². The molecule has 0 N–H and O–H groups in total. The molecule has 0 radical (unpaired) electrons. The number of anilines is 6. The minimum Gasteiger partial charge on any atom is -0.465 e. The molecule has 9 aromatic carbocycles. The van der Waals surface area contributed by atoms with Crippen molar-refractivity contribution in [3.05, 3.63) is 217 Å². The second-order valence-electron chi connectivity index (χ2n) is 14.3. The van der Waals surface area contributed by atoms with Gasteiger partial charge in [-0.3, -0.25) is 0 Å². The summed E-state index contributed by atoms with van der Waals surface area (Å²) in [5.41, 5.74) is 9.97. The summed E-state index contributed by atoms with van der Waals surface area (Å²) < 4.78 is 10.7. The second kappa shape index (κ2) is 16.5. The molecule has 0 saturated heterocycles. The van der Waals surface area contributed by atoms with Crippen molar-refractivity contribution < 1.29 is 19.1 Å². The lowest BCUT2D eigenvalue weighted by atomic mass is 9.83. The van der Waals surface area contributed by atoms with E-state index >= 15 is 0 Å². The average Bonchev–Trinajstić information content (AvgIpc) is 3.32. The Labute approximate surface area is 349 Å². The fourth-order valence-corrected chi connectivity index (χ4v) is 8.30. The van der Waals surface area contributed by atoms with Crippen LogP contribution in [0.3, 0.4) is 0 Å². The van der Waals surface area contributed by atoms with Crippen LogP contribution in [0.4, 0.5) is 34.1 Å². The number of hydrogen-bond donors (Lipinski definition) is 0. The summed E-state index contributed by atoms with van der Waals surface area (Å²) in [4.78, 5) is 31.5. The zero-order valence-corrected chi connectivity index (χ0v) is 33.2. The van der Waals surface area contributed by atoms with E-state index in [2.05, 4.69) is 125 Å². The number of carbonyl (C=O) groups is 2. The van der Waals surface area contributed by atoms with Gasteiger partial charge in [0.05, 0.1) is 31.0 Å². The molecule has 60 heavy (non-hydrogen) atoms. The Morgan fingerprint density at radius 2 is 0.717 bits per heavy atom. The van der Waals surface area contributed by atoms with Crippen LogP contribution in [-0.4, -0.2) is 26.2 Å². The van der Waals surface area contributed by atoms with Crippen LogP contribution >= 0.6 is 0 Å². The maximum Gasteiger partial charge on any atom is 0.338 e. The monoisotopic (exact) mass is 780 g/mol. The first-order valence-electron chi connectivity index (χ1n) is 19.8. The van der Waals surface area contributed by atoms with Gasteiger partial charge in [0.1, 0.15) is 0 Å². The third-order valence-electron chi connectivity index (χ3n) is 10.9. The van der Waals surface area contributed by atoms with E-state index in [1.165, 1.54) is 14.2 Å². The first-order chi connectivity index (χ1) is 29.6. The number of methoxy groups -OCH3 is 2. The highest BCUT2D eigenvalue weighted by Gasteiger charge is 2.27. The largest absolute Gasteiger partial charge is 0.465 e. The zero-order chi connectivity index (χ0) is 41.0.